The molecule has 3 aromatic rings. The van der Waals surface area contributed by atoms with Crippen molar-refractivity contribution in [3.05, 3.63) is 71.3 Å². The van der Waals surface area contributed by atoms with Gasteiger partial charge in [-0.2, -0.15) is 0 Å². The van der Waals surface area contributed by atoms with Crippen LogP contribution in [0.2, 0.25) is 0 Å². The Labute approximate surface area is 142 Å². The van der Waals surface area contributed by atoms with Gasteiger partial charge in [-0.1, -0.05) is 44.9 Å². The Kier molecular flexibility index (Phi) is 4.94. The summed E-state index contributed by atoms with van der Waals surface area (Å²) in [5, 5.41) is 2.05. The molecule has 0 atom stereocenters. The zero-order valence-electron chi connectivity index (χ0n) is 14.2. The second-order valence-corrected chi connectivity index (χ2v) is 6.25. The van der Waals surface area contributed by atoms with E-state index in [1.54, 1.807) is 6.07 Å². The highest BCUT2D eigenvalue weighted by Crippen LogP contribution is 2.35. The number of rotatable bonds is 5. The van der Waals surface area contributed by atoms with Crippen molar-refractivity contribution in [1.29, 1.82) is 0 Å². The van der Waals surface area contributed by atoms with E-state index >= 15 is 0 Å². The molecule has 0 saturated carbocycles. The van der Waals surface area contributed by atoms with Gasteiger partial charge in [-0.3, -0.25) is 0 Å². The fourth-order valence-electron chi connectivity index (χ4n) is 3.44. The lowest BCUT2D eigenvalue weighted by Crippen LogP contribution is -2.00. The van der Waals surface area contributed by atoms with Crippen molar-refractivity contribution in [1.82, 2.24) is 0 Å². The summed E-state index contributed by atoms with van der Waals surface area (Å²) < 4.78 is 27.1. The van der Waals surface area contributed by atoms with Gasteiger partial charge in [-0.15, -0.1) is 0 Å². The molecule has 0 spiro atoms. The first-order valence-electron chi connectivity index (χ1n) is 8.64. The summed E-state index contributed by atoms with van der Waals surface area (Å²) >= 11 is 0. The van der Waals surface area contributed by atoms with E-state index in [9.17, 15) is 8.78 Å². The maximum atomic E-state index is 13.8. The van der Waals surface area contributed by atoms with E-state index in [1.807, 2.05) is 18.2 Å². The van der Waals surface area contributed by atoms with Crippen LogP contribution in [-0.2, 0) is 12.8 Å². The number of hydrogen-bond donors (Lipinski definition) is 0. The van der Waals surface area contributed by atoms with E-state index < -0.39 is 0 Å². The number of hydrogen-bond acceptors (Lipinski definition) is 0. The van der Waals surface area contributed by atoms with Crippen molar-refractivity contribution >= 4 is 10.8 Å². The molecule has 2 heteroatoms. The molecule has 0 aromatic heterocycles. The molecule has 0 heterocycles. The van der Waals surface area contributed by atoms with Crippen LogP contribution in [0.25, 0.3) is 21.9 Å². The molecule has 0 amide bonds. The van der Waals surface area contributed by atoms with Gasteiger partial charge >= 0.3 is 0 Å². The van der Waals surface area contributed by atoms with Gasteiger partial charge < -0.3 is 0 Å². The Morgan fingerprint density at radius 2 is 1.33 bits per heavy atom. The van der Waals surface area contributed by atoms with Gasteiger partial charge in [-0.05, 0) is 76.2 Å². The Morgan fingerprint density at radius 3 is 2.00 bits per heavy atom. The summed E-state index contributed by atoms with van der Waals surface area (Å²) in [4.78, 5) is 0. The Hall–Kier alpha value is -2.22. The van der Waals surface area contributed by atoms with Crippen LogP contribution in [0.15, 0.2) is 48.5 Å². The third kappa shape index (κ3) is 3.19. The molecule has 0 fully saturated rings. The highest BCUT2D eigenvalue weighted by Gasteiger charge is 2.14. The standard InChI is InChI=1S/C22H22F2/c1-3-5-19-20(6-4-2)22-14-18(24)12-9-16(22)13-21(19)15-7-10-17(23)11-8-15/h7-14H,3-6H2,1-2H3. The molecule has 0 bridgehead atoms. The second-order valence-electron chi connectivity index (χ2n) is 6.25. The molecular formula is C22H22F2. The predicted molar refractivity (Wildman–Crippen MR) is 97.3 cm³/mol. The summed E-state index contributed by atoms with van der Waals surface area (Å²) in [7, 11) is 0. The van der Waals surface area contributed by atoms with Crippen LogP contribution in [0.1, 0.15) is 37.8 Å². The highest BCUT2D eigenvalue weighted by molar-refractivity contribution is 5.92. The third-order valence-corrected chi connectivity index (χ3v) is 4.48. The van der Waals surface area contributed by atoms with Crippen molar-refractivity contribution in [2.75, 3.05) is 0 Å². The van der Waals surface area contributed by atoms with Gasteiger partial charge in [0.15, 0.2) is 0 Å². The molecule has 3 rings (SSSR count). The molecule has 0 aliphatic heterocycles. The molecule has 3 aromatic carbocycles. The summed E-state index contributed by atoms with van der Waals surface area (Å²) in [5.41, 5.74) is 4.66. The van der Waals surface area contributed by atoms with Crippen LogP contribution in [0.5, 0.6) is 0 Å². The van der Waals surface area contributed by atoms with E-state index in [0.29, 0.717) is 0 Å². The first kappa shape index (κ1) is 16.6. The van der Waals surface area contributed by atoms with Crippen LogP contribution in [-0.4, -0.2) is 0 Å². The fraction of sp³-hybridized carbons (Fsp3) is 0.273. The molecule has 24 heavy (non-hydrogen) atoms. The zero-order chi connectivity index (χ0) is 17.1. The lowest BCUT2D eigenvalue weighted by molar-refractivity contribution is 0.628. The van der Waals surface area contributed by atoms with Crippen molar-refractivity contribution in [3.8, 4) is 11.1 Å². The fourth-order valence-corrected chi connectivity index (χ4v) is 3.44. The van der Waals surface area contributed by atoms with Crippen molar-refractivity contribution in [2.45, 2.75) is 39.5 Å². The van der Waals surface area contributed by atoms with Gasteiger partial charge in [0.1, 0.15) is 11.6 Å². The van der Waals surface area contributed by atoms with Crippen LogP contribution < -0.4 is 0 Å². The van der Waals surface area contributed by atoms with Gasteiger partial charge in [0, 0.05) is 0 Å². The predicted octanol–water partition coefficient (Wildman–Crippen LogP) is 6.69. The highest BCUT2D eigenvalue weighted by atomic mass is 19.1. The minimum atomic E-state index is -0.229. The van der Waals surface area contributed by atoms with Gasteiger partial charge in [-0.25, -0.2) is 8.78 Å². The van der Waals surface area contributed by atoms with Crippen molar-refractivity contribution in [2.24, 2.45) is 0 Å². The number of fused-ring (bicyclic) bond motifs is 1. The molecule has 0 saturated heterocycles. The average molecular weight is 324 g/mol. The van der Waals surface area contributed by atoms with Gasteiger partial charge in [0.05, 0.1) is 0 Å². The molecule has 0 unspecified atom stereocenters. The van der Waals surface area contributed by atoms with Crippen molar-refractivity contribution < 1.29 is 8.78 Å². The quantitative estimate of drug-likeness (QED) is 0.490. The lowest BCUT2D eigenvalue weighted by atomic mass is 9.86. The van der Waals surface area contributed by atoms with Gasteiger partial charge in [0.25, 0.3) is 0 Å². The Balaban J connectivity index is 2.32. The molecular weight excluding hydrogens is 302 g/mol. The first-order valence-corrected chi connectivity index (χ1v) is 8.64. The Bertz CT molecular complexity index is 848. The van der Waals surface area contributed by atoms with Crippen LogP contribution in [0.4, 0.5) is 8.78 Å². The van der Waals surface area contributed by atoms with Crippen LogP contribution in [0.3, 0.4) is 0 Å². The maximum absolute atomic E-state index is 13.8. The second kappa shape index (κ2) is 7.12. The van der Waals surface area contributed by atoms with E-state index in [-0.39, 0.29) is 11.6 Å². The summed E-state index contributed by atoms with van der Waals surface area (Å²) in [6, 6.07) is 13.8. The minimum Gasteiger partial charge on any atom is -0.207 e. The maximum Gasteiger partial charge on any atom is 0.123 e. The normalized spacial score (nSPS) is 11.2. The average Bonchev–Trinajstić information content (AvgIpc) is 2.58. The third-order valence-electron chi connectivity index (χ3n) is 4.48. The smallest absolute Gasteiger partial charge is 0.123 e. The van der Waals surface area contributed by atoms with E-state index in [2.05, 4.69) is 19.9 Å². The number of halogens is 2. The van der Waals surface area contributed by atoms with Crippen molar-refractivity contribution in [3.63, 3.8) is 0 Å². The SMILES string of the molecule is CCCc1c(-c2ccc(F)cc2)cc2ccc(F)cc2c1CCC. The molecule has 0 nitrogen and oxygen atoms in total. The lowest BCUT2D eigenvalue weighted by Gasteiger charge is -2.18. The van der Waals surface area contributed by atoms with Crippen LogP contribution in [0, 0.1) is 11.6 Å². The number of benzene rings is 3. The topological polar surface area (TPSA) is 0 Å². The van der Waals surface area contributed by atoms with Gasteiger partial charge in [0.2, 0.25) is 0 Å². The minimum absolute atomic E-state index is 0.197. The largest absolute Gasteiger partial charge is 0.207 e. The first-order chi connectivity index (χ1) is 11.6. The monoisotopic (exact) mass is 324 g/mol. The summed E-state index contributed by atoms with van der Waals surface area (Å²) in [6.07, 6.45) is 3.89. The summed E-state index contributed by atoms with van der Waals surface area (Å²) in [5.74, 6) is -0.427. The van der Waals surface area contributed by atoms with Crippen LogP contribution >= 0.6 is 0 Å². The molecule has 0 radical (unpaired) electrons. The molecule has 0 N–H and O–H groups in total. The summed E-state index contributed by atoms with van der Waals surface area (Å²) in [6.45, 7) is 4.30. The van der Waals surface area contributed by atoms with E-state index in [4.69, 9.17) is 0 Å². The molecule has 0 aliphatic rings. The number of aryl methyl sites for hydroxylation is 1. The molecule has 0 aliphatic carbocycles. The molecule has 124 valence electrons. The zero-order valence-corrected chi connectivity index (χ0v) is 14.2. The Morgan fingerprint density at radius 1 is 0.708 bits per heavy atom. The van der Waals surface area contributed by atoms with E-state index in [0.717, 1.165) is 47.6 Å². The van der Waals surface area contributed by atoms with E-state index in [1.165, 1.54) is 29.3 Å².